The highest BCUT2D eigenvalue weighted by Crippen LogP contribution is 2.33. The normalized spacial score (nSPS) is 10.2. The summed E-state index contributed by atoms with van der Waals surface area (Å²) < 4.78 is 6.16. The van der Waals surface area contributed by atoms with Crippen LogP contribution >= 0.6 is 27.5 Å². The van der Waals surface area contributed by atoms with E-state index < -0.39 is 0 Å². The molecule has 0 saturated carbocycles. The molecule has 0 fully saturated rings. The molecule has 0 saturated heterocycles. The first-order valence-electron chi connectivity index (χ1n) is 5.01. The van der Waals surface area contributed by atoms with E-state index in [0.29, 0.717) is 21.9 Å². The van der Waals surface area contributed by atoms with Crippen LogP contribution in [0.25, 0.3) is 0 Å². The lowest BCUT2D eigenvalue weighted by Crippen LogP contribution is -1.95. The standard InChI is InChI=1S/C13H10BrClO2/c14-13-11(16)2-1-3-12(13)17-8-9-4-6-10(15)7-5-9/h1-7,16H,8H2. The van der Waals surface area contributed by atoms with Gasteiger partial charge in [-0.25, -0.2) is 0 Å². The van der Waals surface area contributed by atoms with Gasteiger partial charge in [-0.05, 0) is 45.8 Å². The Kier molecular flexibility index (Phi) is 3.92. The smallest absolute Gasteiger partial charge is 0.137 e. The van der Waals surface area contributed by atoms with Crippen molar-refractivity contribution < 1.29 is 9.84 Å². The van der Waals surface area contributed by atoms with Gasteiger partial charge in [-0.3, -0.25) is 0 Å². The van der Waals surface area contributed by atoms with Crippen molar-refractivity contribution in [1.29, 1.82) is 0 Å². The van der Waals surface area contributed by atoms with Gasteiger partial charge in [-0.1, -0.05) is 29.8 Å². The second-order valence-corrected chi connectivity index (χ2v) is 4.73. The van der Waals surface area contributed by atoms with E-state index in [1.165, 1.54) is 0 Å². The minimum absolute atomic E-state index is 0.165. The Hall–Kier alpha value is -1.19. The number of phenols is 1. The Morgan fingerprint density at radius 1 is 1.12 bits per heavy atom. The number of halogens is 2. The third-order valence-corrected chi connectivity index (χ3v) is 3.30. The largest absolute Gasteiger partial charge is 0.507 e. The quantitative estimate of drug-likeness (QED) is 0.911. The Labute approximate surface area is 113 Å². The maximum Gasteiger partial charge on any atom is 0.137 e. The summed E-state index contributed by atoms with van der Waals surface area (Å²) in [5.74, 6) is 0.776. The first kappa shape index (κ1) is 12.3. The highest BCUT2D eigenvalue weighted by molar-refractivity contribution is 9.10. The Morgan fingerprint density at radius 3 is 2.53 bits per heavy atom. The van der Waals surface area contributed by atoms with E-state index in [9.17, 15) is 5.11 Å². The van der Waals surface area contributed by atoms with Crippen LogP contribution < -0.4 is 4.74 Å². The fraction of sp³-hybridized carbons (Fsp3) is 0.0769. The number of ether oxygens (including phenoxy) is 1. The molecule has 0 aliphatic carbocycles. The average molecular weight is 314 g/mol. The topological polar surface area (TPSA) is 29.5 Å². The van der Waals surface area contributed by atoms with Gasteiger partial charge in [0.15, 0.2) is 0 Å². The third-order valence-electron chi connectivity index (χ3n) is 2.25. The summed E-state index contributed by atoms with van der Waals surface area (Å²) in [4.78, 5) is 0. The Bertz CT molecular complexity index is 511. The average Bonchev–Trinajstić information content (AvgIpc) is 2.33. The van der Waals surface area contributed by atoms with Crippen molar-refractivity contribution in [2.24, 2.45) is 0 Å². The van der Waals surface area contributed by atoms with Gasteiger partial charge < -0.3 is 9.84 Å². The SMILES string of the molecule is Oc1cccc(OCc2ccc(Cl)cc2)c1Br. The number of aromatic hydroxyl groups is 1. The van der Waals surface area contributed by atoms with Crippen molar-refractivity contribution in [1.82, 2.24) is 0 Å². The minimum atomic E-state index is 0.165. The zero-order chi connectivity index (χ0) is 12.3. The van der Waals surface area contributed by atoms with Gasteiger partial charge >= 0.3 is 0 Å². The maximum absolute atomic E-state index is 9.49. The van der Waals surface area contributed by atoms with Crippen LogP contribution in [0, 0.1) is 0 Å². The van der Waals surface area contributed by atoms with Crippen molar-refractivity contribution >= 4 is 27.5 Å². The maximum atomic E-state index is 9.49. The first-order chi connectivity index (χ1) is 8.16. The van der Waals surface area contributed by atoms with Crippen LogP contribution in [-0.4, -0.2) is 5.11 Å². The van der Waals surface area contributed by atoms with E-state index in [2.05, 4.69) is 15.9 Å². The van der Waals surface area contributed by atoms with Crippen LogP contribution in [0.5, 0.6) is 11.5 Å². The molecular weight excluding hydrogens is 303 g/mol. The van der Waals surface area contributed by atoms with E-state index in [1.807, 2.05) is 24.3 Å². The van der Waals surface area contributed by atoms with Gasteiger partial charge in [0, 0.05) is 5.02 Å². The summed E-state index contributed by atoms with van der Waals surface area (Å²) in [5, 5.41) is 10.2. The summed E-state index contributed by atoms with van der Waals surface area (Å²) in [6, 6.07) is 12.6. The van der Waals surface area contributed by atoms with Crippen LogP contribution in [0.4, 0.5) is 0 Å². The molecule has 2 aromatic carbocycles. The molecule has 88 valence electrons. The monoisotopic (exact) mass is 312 g/mol. The van der Waals surface area contributed by atoms with Gasteiger partial charge in [0.05, 0.1) is 0 Å². The highest BCUT2D eigenvalue weighted by atomic mass is 79.9. The fourth-order valence-electron chi connectivity index (χ4n) is 1.35. The number of phenolic OH excluding ortho intramolecular Hbond substituents is 1. The van der Waals surface area contributed by atoms with Crippen molar-refractivity contribution in [2.75, 3.05) is 0 Å². The number of hydrogen-bond donors (Lipinski definition) is 1. The van der Waals surface area contributed by atoms with E-state index in [-0.39, 0.29) is 5.75 Å². The molecule has 0 bridgehead atoms. The number of benzene rings is 2. The number of hydrogen-bond acceptors (Lipinski definition) is 2. The van der Waals surface area contributed by atoms with Gasteiger partial charge in [0.25, 0.3) is 0 Å². The van der Waals surface area contributed by atoms with Crippen LogP contribution in [0.1, 0.15) is 5.56 Å². The molecule has 0 atom stereocenters. The second kappa shape index (κ2) is 5.43. The molecular formula is C13H10BrClO2. The highest BCUT2D eigenvalue weighted by Gasteiger charge is 2.05. The number of rotatable bonds is 3. The summed E-state index contributed by atoms with van der Waals surface area (Å²) in [6.07, 6.45) is 0. The molecule has 2 rings (SSSR count). The molecule has 0 aromatic heterocycles. The van der Waals surface area contributed by atoms with E-state index >= 15 is 0 Å². The van der Waals surface area contributed by atoms with Crippen LogP contribution in [0.3, 0.4) is 0 Å². The van der Waals surface area contributed by atoms with E-state index in [1.54, 1.807) is 18.2 Å². The molecule has 2 aromatic rings. The summed E-state index contributed by atoms with van der Waals surface area (Å²) >= 11 is 9.06. The second-order valence-electron chi connectivity index (χ2n) is 3.50. The van der Waals surface area contributed by atoms with Crippen molar-refractivity contribution in [3.63, 3.8) is 0 Å². The molecule has 0 spiro atoms. The van der Waals surface area contributed by atoms with Crippen molar-refractivity contribution in [3.8, 4) is 11.5 Å². The van der Waals surface area contributed by atoms with Crippen molar-refractivity contribution in [3.05, 3.63) is 57.5 Å². The predicted octanol–water partition coefficient (Wildman–Crippen LogP) is 4.39. The molecule has 0 heterocycles. The van der Waals surface area contributed by atoms with Gasteiger partial charge in [0.2, 0.25) is 0 Å². The summed E-state index contributed by atoms with van der Waals surface area (Å²) in [7, 11) is 0. The van der Waals surface area contributed by atoms with Gasteiger partial charge in [0.1, 0.15) is 22.6 Å². The lowest BCUT2D eigenvalue weighted by Gasteiger charge is -2.09. The third kappa shape index (κ3) is 3.14. The Balaban J connectivity index is 2.07. The van der Waals surface area contributed by atoms with Gasteiger partial charge in [-0.15, -0.1) is 0 Å². The zero-order valence-electron chi connectivity index (χ0n) is 8.86. The molecule has 17 heavy (non-hydrogen) atoms. The molecule has 0 unspecified atom stereocenters. The van der Waals surface area contributed by atoms with E-state index in [4.69, 9.17) is 16.3 Å². The van der Waals surface area contributed by atoms with Gasteiger partial charge in [-0.2, -0.15) is 0 Å². The lowest BCUT2D eigenvalue weighted by atomic mass is 10.2. The van der Waals surface area contributed by atoms with Crippen molar-refractivity contribution in [2.45, 2.75) is 6.61 Å². The summed E-state index contributed by atoms with van der Waals surface area (Å²) in [5.41, 5.74) is 1.02. The molecule has 0 aliphatic heterocycles. The molecule has 0 radical (unpaired) electrons. The fourth-order valence-corrected chi connectivity index (χ4v) is 1.86. The van der Waals surface area contributed by atoms with E-state index in [0.717, 1.165) is 5.56 Å². The van der Waals surface area contributed by atoms with Crippen LogP contribution in [0.15, 0.2) is 46.9 Å². The minimum Gasteiger partial charge on any atom is -0.507 e. The van der Waals surface area contributed by atoms with Crippen LogP contribution in [-0.2, 0) is 6.61 Å². The molecule has 0 aliphatic rings. The molecule has 4 heteroatoms. The molecule has 1 N–H and O–H groups in total. The molecule has 2 nitrogen and oxygen atoms in total. The predicted molar refractivity (Wildman–Crippen MR) is 71.6 cm³/mol. The first-order valence-corrected chi connectivity index (χ1v) is 6.18. The zero-order valence-corrected chi connectivity index (χ0v) is 11.2. The molecule has 0 amide bonds. The summed E-state index contributed by atoms with van der Waals surface area (Å²) in [6.45, 7) is 0.430. The Morgan fingerprint density at radius 2 is 1.82 bits per heavy atom. The van der Waals surface area contributed by atoms with Crippen LogP contribution in [0.2, 0.25) is 5.02 Å². The lowest BCUT2D eigenvalue weighted by molar-refractivity contribution is 0.302.